The second-order valence-corrected chi connectivity index (χ2v) is 4.01. The lowest BCUT2D eigenvalue weighted by molar-refractivity contribution is 0.385. The first-order valence-electron chi connectivity index (χ1n) is 5.25. The van der Waals surface area contributed by atoms with Gasteiger partial charge in [0.1, 0.15) is 11.5 Å². The molecule has 0 atom stereocenters. The summed E-state index contributed by atoms with van der Waals surface area (Å²) in [6.45, 7) is 2.60. The van der Waals surface area contributed by atoms with E-state index >= 15 is 0 Å². The second kappa shape index (κ2) is 5.97. The van der Waals surface area contributed by atoms with E-state index in [1.807, 2.05) is 13.0 Å². The van der Waals surface area contributed by atoms with Crippen LogP contribution in [0.1, 0.15) is 17.5 Å². The van der Waals surface area contributed by atoms with Crippen molar-refractivity contribution in [2.45, 2.75) is 19.8 Å². The van der Waals surface area contributed by atoms with Crippen LogP contribution in [-0.2, 0) is 6.42 Å². The van der Waals surface area contributed by atoms with Gasteiger partial charge >= 0.3 is 0 Å². The fourth-order valence-corrected chi connectivity index (χ4v) is 2.17. The van der Waals surface area contributed by atoms with E-state index in [2.05, 4.69) is 0 Å². The molecule has 0 aliphatic heterocycles. The summed E-state index contributed by atoms with van der Waals surface area (Å²) in [5.41, 5.74) is 7.52. The van der Waals surface area contributed by atoms with Crippen molar-refractivity contribution in [3.05, 3.63) is 22.2 Å². The Morgan fingerprint density at radius 1 is 1.25 bits per heavy atom. The van der Waals surface area contributed by atoms with E-state index in [-0.39, 0.29) is 0 Å². The molecule has 0 amide bonds. The molecule has 0 radical (unpaired) electrons. The number of ether oxygens (including phenoxy) is 2. The Hall–Kier alpha value is -0.930. The molecule has 0 fully saturated rings. The van der Waals surface area contributed by atoms with Gasteiger partial charge in [0.2, 0.25) is 0 Å². The van der Waals surface area contributed by atoms with Gasteiger partial charge in [-0.05, 0) is 37.9 Å². The van der Waals surface area contributed by atoms with Gasteiger partial charge in [-0.2, -0.15) is 0 Å². The van der Waals surface area contributed by atoms with E-state index in [0.29, 0.717) is 17.3 Å². The number of hydrogen-bond donors (Lipinski definition) is 1. The van der Waals surface area contributed by atoms with Crippen molar-refractivity contribution >= 4 is 11.6 Å². The van der Waals surface area contributed by atoms with Gasteiger partial charge in [0, 0.05) is 5.56 Å². The summed E-state index contributed by atoms with van der Waals surface area (Å²) in [6.07, 6.45) is 1.78. The molecule has 3 nitrogen and oxygen atoms in total. The Morgan fingerprint density at radius 3 is 2.38 bits per heavy atom. The Morgan fingerprint density at radius 2 is 1.88 bits per heavy atom. The van der Waals surface area contributed by atoms with Gasteiger partial charge in [0.15, 0.2) is 0 Å². The van der Waals surface area contributed by atoms with Gasteiger partial charge in [0.05, 0.1) is 19.2 Å². The lowest BCUT2D eigenvalue weighted by Gasteiger charge is -2.15. The molecule has 0 bridgehead atoms. The van der Waals surface area contributed by atoms with Gasteiger partial charge in [-0.3, -0.25) is 0 Å². The molecule has 0 aliphatic rings. The smallest absolute Gasteiger partial charge is 0.144 e. The lowest BCUT2D eigenvalue weighted by atomic mass is 10.0. The first-order valence-corrected chi connectivity index (χ1v) is 5.63. The summed E-state index contributed by atoms with van der Waals surface area (Å²) in [7, 11) is 3.26. The minimum atomic E-state index is 0.618. The van der Waals surface area contributed by atoms with Crippen molar-refractivity contribution in [1.29, 1.82) is 0 Å². The highest BCUT2D eigenvalue weighted by atomic mass is 35.5. The van der Waals surface area contributed by atoms with Crippen molar-refractivity contribution in [2.75, 3.05) is 20.8 Å². The van der Waals surface area contributed by atoms with Crippen LogP contribution in [0.25, 0.3) is 0 Å². The number of methoxy groups -OCH3 is 2. The Balaban J connectivity index is 3.18. The summed E-state index contributed by atoms with van der Waals surface area (Å²) in [5.74, 6) is 1.52. The van der Waals surface area contributed by atoms with Crippen LogP contribution in [0.15, 0.2) is 6.07 Å². The maximum atomic E-state index is 6.13. The molecule has 0 unspecified atom stereocenters. The van der Waals surface area contributed by atoms with E-state index in [9.17, 15) is 0 Å². The standard InChI is InChI=1S/C12H18ClNO2/c1-8-11(15-2)9(5-4-6-14)7-10(13)12(8)16-3/h7H,4-6,14H2,1-3H3. The molecule has 0 spiro atoms. The van der Waals surface area contributed by atoms with Crippen molar-refractivity contribution in [3.63, 3.8) is 0 Å². The molecule has 4 heteroatoms. The minimum absolute atomic E-state index is 0.618. The molecule has 1 aromatic rings. The highest BCUT2D eigenvalue weighted by Crippen LogP contribution is 2.38. The molecule has 1 aromatic carbocycles. The van der Waals surface area contributed by atoms with Crippen LogP contribution < -0.4 is 15.2 Å². The minimum Gasteiger partial charge on any atom is -0.496 e. The number of aryl methyl sites for hydroxylation is 1. The highest BCUT2D eigenvalue weighted by Gasteiger charge is 2.14. The molecule has 0 aromatic heterocycles. The number of benzene rings is 1. The van der Waals surface area contributed by atoms with E-state index in [1.54, 1.807) is 14.2 Å². The van der Waals surface area contributed by atoms with Crippen molar-refractivity contribution in [3.8, 4) is 11.5 Å². The quantitative estimate of drug-likeness (QED) is 0.865. The monoisotopic (exact) mass is 243 g/mol. The summed E-state index contributed by atoms with van der Waals surface area (Å²) in [5, 5.41) is 0.618. The van der Waals surface area contributed by atoms with Gasteiger partial charge in [0.25, 0.3) is 0 Å². The summed E-state index contributed by atoms with van der Waals surface area (Å²) < 4.78 is 10.6. The predicted molar refractivity (Wildman–Crippen MR) is 66.7 cm³/mol. The molecule has 1 rings (SSSR count). The summed E-state index contributed by atoms with van der Waals surface area (Å²) >= 11 is 6.13. The van der Waals surface area contributed by atoms with E-state index in [4.69, 9.17) is 26.8 Å². The van der Waals surface area contributed by atoms with Gasteiger partial charge in [-0.15, -0.1) is 0 Å². The normalized spacial score (nSPS) is 10.3. The first kappa shape index (κ1) is 13.1. The third-order valence-electron chi connectivity index (χ3n) is 2.55. The SMILES string of the molecule is COc1c(Cl)cc(CCCN)c(OC)c1C. The molecule has 2 N–H and O–H groups in total. The molecule has 0 saturated carbocycles. The van der Waals surface area contributed by atoms with E-state index < -0.39 is 0 Å². The van der Waals surface area contributed by atoms with Crippen molar-refractivity contribution in [2.24, 2.45) is 5.73 Å². The van der Waals surface area contributed by atoms with E-state index in [1.165, 1.54) is 0 Å². The fraction of sp³-hybridized carbons (Fsp3) is 0.500. The predicted octanol–water partition coefficient (Wildman–Crippen LogP) is 2.56. The van der Waals surface area contributed by atoms with Gasteiger partial charge in [-0.25, -0.2) is 0 Å². The first-order chi connectivity index (χ1) is 7.65. The largest absolute Gasteiger partial charge is 0.496 e. The third kappa shape index (κ3) is 2.60. The molecule has 16 heavy (non-hydrogen) atoms. The molecular weight excluding hydrogens is 226 g/mol. The number of halogens is 1. The summed E-state index contributed by atoms with van der Waals surface area (Å²) in [4.78, 5) is 0. The van der Waals surface area contributed by atoms with Crippen LogP contribution in [0.2, 0.25) is 5.02 Å². The molecule has 0 aliphatic carbocycles. The lowest BCUT2D eigenvalue weighted by Crippen LogP contribution is -2.03. The number of hydrogen-bond acceptors (Lipinski definition) is 3. The zero-order valence-electron chi connectivity index (χ0n) is 9.97. The zero-order chi connectivity index (χ0) is 12.1. The van der Waals surface area contributed by atoms with Crippen LogP contribution in [0.5, 0.6) is 11.5 Å². The van der Waals surface area contributed by atoms with Crippen LogP contribution in [0.4, 0.5) is 0 Å². The van der Waals surface area contributed by atoms with E-state index in [0.717, 1.165) is 29.7 Å². The average molecular weight is 244 g/mol. The maximum Gasteiger partial charge on any atom is 0.144 e. The average Bonchev–Trinajstić information content (AvgIpc) is 2.26. The Kier molecular flexibility index (Phi) is 4.90. The van der Waals surface area contributed by atoms with Crippen LogP contribution in [-0.4, -0.2) is 20.8 Å². The molecular formula is C12H18ClNO2. The number of nitrogens with two attached hydrogens (primary N) is 1. The summed E-state index contributed by atoms with van der Waals surface area (Å²) in [6, 6.07) is 1.89. The van der Waals surface area contributed by atoms with Crippen LogP contribution in [0, 0.1) is 6.92 Å². The number of rotatable bonds is 5. The van der Waals surface area contributed by atoms with Crippen LogP contribution >= 0.6 is 11.6 Å². The molecule has 90 valence electrons. The Bertz CT molecular complexity index is 367. The fourth-order valence-electron chi connectivity index (χ4n) is 1.82. The van der Waals surface area contributed by atoms with Crippen molar-refractivity contribution in [1.82, 2.24) is 0 Å². The van der Waals surface area contributed by atoms with Crippen molar-refractivity contribution < 1.29 is 9.47 Å². The second-order valence-electron chi connectivity index (χ2n) is 3.60. The van der Waals surface area contributed by atoms with Crippen LogP contribution in [0.3, 0.4) is 0 Å². The molecule has 0 heterocycles. The highest BCUT2D eigenvalue weighted by molar-refractivity contribution is 6.32. The topological polar surface area (TPSA) is 44.5 Å². The molecule has 0 saturated heterocycles. The zero-order valence-corrected chi connectivity index (χ0v) is 10.7. The van der Waals surface area contributed by atoms with Gasteiger partial charge in [-0.1, -0.05) is 11.6 Å². The maximum absolute atomic E-state index is 6.13. The Labute approximate surface area is 101 Å². The van der Waals surface area contributed by atoms with Gasteiger partial charge < -0.3 is 15.2 Å². The third-order valence-corrected chi connectivity index (χ3v) is 2.83.